The van der Waals surface area contributed by atoms with Crippen LogP contribution in [0.2, 0.25) is 0 Å². The van der Waals surface area contributed by atoms with E-state index < -0.39 is 0 Å². The van der Waals surface area contributed by atoms with E-state index in [4.69, 9.17) is 0 Å². The molecule has 0 bridgehead atoms. The van der Waals surface area contributed by atoms with Gasteiger partial charge in [-0.05, 0) is 97.6 Å². The third-order valence-electron chi connectivity index (χ3n) is 8.00. The molecular formula is C35H30FN5O2. The molecule has 0 aliphatic carbocycles. The van der Waals surface area contributed by atoms with Crippen LogP contribution in [0.15, 0.2) is 91.0 Å². The molecule has 7 nitrogen and oxygen atoms in total. The molecule has 2 heterocycles. The summed E-state index contributed by atoms with van der Waals surface area (Å²) >= 11 is 0. The molecular weight excluding hydrogens is 541 g/mol. The number of benzene rings is 4. The van der Waals surface area contributed by atoms with Crippen LogP contribution in [0.1, 0.15) is 58.6 Å². The van der Waals surface area contributed by atoms with Gasteiger partial charge in [0.15, 0.2) is 5.82 Å². The lowest BCUT2D eigenvalue weighted by molar-refractivity contribution is -0.114. The molecule has 0 unspecified atom stereocenters. The molecule has 1 amide bonds. The smallest absolute Gasteiger partial charge is 0.228 e. The topological polar surface area (TPSA) is 91.0 Å². The summed E-state index contributed by atoms with van der Waals surface area (Å²) in [4.78, 5) is 32.2. The second-order valence-corrected chi connectivity index (χ2v) is 10.9. The standard InChI is InChI=1S/C35H30FN5O2/c1-23(42)38-30-6-4-5-25(20-30)24-15-17-40(18-16-24)22-27-10-9-26(19-28(27)21-37)34(43)35-39-32-7-2-3-8-33(32)41(35)31-13-11-29(36)12-14-31/h2-14,19-20,24H,15-18,22H2,1H3,(H,38,42). The van der Waals surface area contributed by atoms with Gasteiger partial charge in [-0.25, -0.2) is 9.37 Å². The Morgan fingerprint density at radius 2 is 1.74 bits per heavy atom. The van der Waals surface area contributed by atoms with Gasteiger partial charge in [0.2, 0.25) is 11.7 Å². The number of hydrogen-bond acceptors (Lipinski definition) is 5. The molecule has 1 fully saturated rings. The molecule has 4 aromatic carbocycles. The summed E-state index contributed by atoms with van der Waals surface area (Å²) < 4.78 is 15.4. The van der Waals surface area contributed by atoms with Crippen LogP contribution in [0.3, 0.4) is 0 Å². The molecule has 1 aliphatic rings. The number of nitrogens with one attached hydrogen (secondary N) is 1. The van der Waals surface area contributed by atoms with Gasteiger partial charge in [0.05, 0.1) is 22.7 Å². The largest absolute Gasteiger partial charge is 0.326 e. The van der Waals surface area contributed by atoms with Gasteiger partial charge in [-0.15, -0.1) is 0 Å². The number of aromatic nitrogens is 2. The number of ketones is 1. The lowest BCUT2D eigenvalue weighted by atomic mass is 9.89. The third kappa shape index (κ3) is 5.94. The van der Waals surface area contributed by atoms with Crippen molar-refractivity contribution in [3.05, 3.63) is 125 Å². The zero-order chi connectivity index (χ0) is 29.9. The van der Waals surface area contributed by atoms with Crippen LogP contribution in [-0.4, -0.2) is 39.2 Å². The summed E-state index contributed by atoms with van der Waals surface area (Å²) in [7, 11) is 0. The number of nitriles is 1. The minimum atomic E-state index is -0.365. The normalized spacial score (nSPS) is 14.0. The van der Waals surface area contributed by atoms with Gasteiger partial charge in [-0.1, -0.05) is 36.4 Å². The summed E-state index contributed by atoms with van der Waals surface area (Å²) in [5, 5.41) is 12.9. The Kier molecular flexibility index (Phi) is 7.82. The van der Waals surface area contributed by atoms with Crippen LogP contribution >= 0.6 is 0 Å². The van der Waals surface area contributed by atoms with Crippen molar-refractivity contribution in [1.82, 2.24) is 14.5 Å². The Morgan fingerprint density at radius 3 is 2.49 bits per heavy atom. The fourth-order valence-corrected chi connectivity index (χ4v) is 5.86. The third-order valence-corrected chi connectivity index (χ3v) is 8.00. The Balaban J connectivity index is 1.20. The van der Waals surface area contributed by atoms with Crippen LogP contribution in [0.5, 0.6) is 0 Å². The highest BCUT2D eigenvalue weighted by Gasteiger charge is 2.24. The van der Waals surface area contributed by atoms with E-state index in [1.807, 2.05) is 42.5 Å². The zero-order valence-corrected chi connectivity index (χ0v) is 23.8. The predicted octanol–water partition coefficient (Wildman–Crippen LogP) is 6.61. The number of carbonyl (C=O) groups is 2. The molecule has 6 rings (SSSR count). The number of imidazole rings is 1. The van der Waals surface area contributed by atoms with Crippen molar-refractivity contribution in [2.45, 2.75) is 32.2 Å². The summed E-state index contributed by atoms with van der Waals surface area (Å²) in [6.07, 6.45) is 1.95. The molecule has 0 spiro atoms. The highest BCUT2D eigenvalue weighted by molar-refractivity contribution is 6.09. The van der Waals surface area contributed by atoms with Crippen molar-refractivity contribution in [3.8, 4) is 11.8 Å². The molecule has 0 radical (unpaired) electrons. The predicted molar refractivity (Wildman–Crippen MR) is 164 cm³/mol. The van der Waals surface area contributed by atoms with Crippen LogP contribution in [0.25, 0.3) is 16.7 Å². The number of rotatable bonds is 7. The van der Waals surface area contributed by atoms with Crippen molar-refractivity contribution in [1.29, 1.82) is 5.26 Å². The quantitative estimate of drug-likeness (QED) is 0.222. The van der Waals surface area contributed by atoms with E-state index in [-0.39, 0.29) is 23.3 Å². The van der Waals surface area contributed by atoms with E-state index in [9.17, 15) is 19.2 Å². The number of anilines is 1. The first kappa shape index (κ1) is 28.0. The number of fused-ring (bicyclic) bond motifs is 1. The van der Waals surface area contributed by atoms with Crippen molar-refractivity contribution in [2.75, 3.05) is 18.4 Å². The average molecular weight is 572 g/mol. The molecule has 214 valence electrons. The number of hydrogen-bond donors (Lipinski definition) is 1. The first-order chi connectivity index (χ1) is 20.9. The minimum Gasteiger partial charge on any atom is -0.326 e. The highest BCUT2D eigenvalue weighted by atomic mass is 19.1. The van der Waals surface area contributed by atoms with Crippen LogP contribution < -0.4 is 5.32 Å². The molecule has 0 saturated carbocycles. The van der Waals surface area contributed by atoms with Crippen molar-refractivity contribution < 1.29 is 14.0 Å². The minimum absolute atomic E-state index is 0.0838. The van der Waals surface area contributed by atoms with Crippen LogP contribution in [-0.2, 0) is 11.3 Å². The number of likely N-dealkylation sites (tertiary alicyclic amines) is 1. The van der Waals surface area contributed by atoms with Gasteiger partial charge in [0, 0.05) is 30.4 Å². The number of carbonyl (C=O) groups excluding carboxylic acids is 2. The monoisotopic (exact) mass is 571 g/mol. The molecule has 0 atom stereocenters. The van der Waals surface area contributed by atoms with E-state index in [1.54, 1.807) is 28.8 Å². The molecule has 43 heavy (non-hydrogen) atoms. The maximum Gasteiger partial charge on any atom is 0.228 e. The number of nitrogens with zero attached hydrogens (tertiary/aromatic N) is 4. The Morgan fingerprint density at radius 1 is 0.977 bits per heavy atom. The fourth-order valence-electron chi connectivity index (χ4n) is 5.86. The summed E-state index contributed by atoms with van der Waals surface area (Å²) in [6.45, 7) is 3.88. The summed E-state index contributed by atoms with van der Waals surface area (Å²) in [6, 6.07) is 29.0. The Hall–Kier alpha value is -5.13. The number of amides is 1. The summed E-state index contributed by atoms with van der Waals surface area (Å²) in [5.74, 6) is -0.157. The van der Waals surface area contributed by atoms with E-state index in [0.717, 1.165) is 42.7 Å². The molecule has 5 aromatic rings. The second kappa shape index (κ2) is 12.0. The summed E-state index contributed by atoms with van der Waals surface area (Å²) in [5.41, 5.74) is 5.75. The first-order valence-corrected chi connectivity index (χ1v) is 14.3. The first-order valence-electron chi connectivity index (χ1n) is 14.3. The van der Waals surface area contributed by atoms with E-state index >= 15 is 0 Å². The van der Waals surface area contributed by atoms with Crippen LogP contribution in [0.4, 0.5) is 10.1 Å². The van der Waals surface area contributed by atoms with E-state index in [1.165, 1.54) is 24.6 Å². The van der Waals surface area contributed by atoms with Gasteiger partial charge < -0.3 is 5.32 Å². The van der Waals surface area contributed by atoms with Crippen molar-refractivity contribution >= 4 is 28.4 Å². The SMILES string of the molecule is CC(=O)Nc1cccc(C2CCN(Cc3ccc(C(=O)c4nc5ccccc5n4-c4ccc(F)cc4)cc3C#N)CC2)c1. The Bertz CT molecular complexity index is 1860. The van der Waals surface area contributed by atoms with E-state index in [0.29, 0.717) is 34.8 Å². The second-order valence-electron chi connectivity index (χ2n) is 10.9. The van der Waals surface area contributed by atoms with Gasteiger partial charge in [-0.3, -0.25) is 19.1 Å². The maximum atomic E-state index is 13.8. The average Bonchev–Trinajstić information content (AvgIpc) is 3.41. The molecule has 1 aliphatic heterocycles. The van der Waals surface area contributed by atoms with Gasteiger partial charge >= 0.3 is 0 Å². The Labute approximate surface area is 249 Å². The van der Waals surface area contributed by atoms with Crippen molar-refractivity contribution in [3.63, 3.8) is 0 Å². The zero-order valence-electron chi connectivity index (χ0n) is 23.8. The molecule has 8 heteroatoms. The molecule has 1 N–H and O–H groups in total. The van der Waals surface area contributed by atoms with Gasteiger partial charge in [-0.2, -0.15) is 5.26 Å². The van der Waals surface area contributed by atoms with Crippen LogP contribution in [0, 0.1) is 17.1 Å². The fraction of sp³-hybridized carbons (Fsp3) is 0.200. The van der Waals surface area contributed by atoms with Gasteiger partial charge in [0.25, 0.3) is 0 Å². The highest BCUT2D eigenvalue weighted by Crippen LogP contribution is 2.31. The molecule has 1 aromatic heterocycles. The maximum absolute atomic E-state index is 13.8. The lowest BCUT2D eigenvalue weighted by Crippen LogP contribution is -2.32. The number of piperidine rings is 1. The van der Waals surface area contributed by atoms with Crippen molar-refractivity contribution in [2.24, 2.45) is 0 Å². The number of halogens is 1. The van der Waals surface area contributed by atoms with E-state index in [2.05, 4.69) is 33.4 Å². The number of para-hydroxylation sites is 2. The molecule has 1 saturated heterocycles. The lowest BCUT2D eigenvalue weighted by Gasteiger charge is -2.32. The van der Waals surface area contributed by atoms with Gasteiger partial charge in [0.1, 0.15) is 5.82 Å².